The van der Waals surface area contributed by atoms with E-state index in [0.717, 1.165) is 45.3 Å². The van der Waals surface area contributed by atoms with Crippen LogP contribution in [0.2, 0.25) is 0 Å². The predicted octanol–water partition coefficient (Wildman–Crippen LogP) is 9.68. The van der Waals surface area contributed by atoms with Gasteiger partial charge in [0.1, 0.15) is 11.5 Å². The van der Waals surface area contributed by atoms with Crippen molar-refractivity contribution in [3.8, 4) is 34.0 Å². The van der Waals surface area contributed by atoms with Gasteiger partial charge in [-0.15, -0.1) is 0 Å². The summed E-state index contributed by atoms with van der Waals surface area (Å²) in [6.45, 7) is 2.12. The Bertz CT molecular complexity index is 2430. The quantitative estimate of drug-likeness (QED) is 0.156. The van der Waals surface area contributed by atoms with Gasteiger partial charge in [0.05, 0.1) is 11.4 Å². The molecule has 0 aliphatic carbocycles. The van der Waals surface area contributed by atoms with Gasteiger partial charge in [-0.1, -0.05) is 146 Å². The highest BCUT2D eigenvalue weighted by Crippen LogP contribution is 2.40. The lowest BCUT2D eigenvalue weighted by molar-refractivity contribution is 0.483. The minimum Gasteiger partial charge on any atom is -0.457 e. The number of rotatable bonds is 7. The summed E-state index contributed by atoms with van der Waals surface area (Å²) in [6.07, 6.45) is 0. The van der Waals surface area contributed by atoms with Crippen LogP contribution in [0.3, 0.4) is 0 Å². The first-order valence-corrected chi connectivity index (χ1v) is 19.7. The number of hydrogen-bond donors (Lipinski definition) is 0. The largest absolute Gasteiger partial charge is 0.457 e. The molecule has 9 rings (SSSR count). The van der Waals surface area contributed by atoms with E-state index in [9.17, 15) is 0 Å². The van der Waals surface area contributed by atoms with Crippen molar-refractivity contribution in [1.82, 2.24) is 4.98 Å². The van der Waals surface area contributed by atoms with E-state index < -0.39 is 8.07 Å². The Morgan fingerprint density at radius 1 is 0.462 bits per heavy atom. The minimum atomic E-state index is -2.67. The highest BCUT2D eigenvalue weighted by molar-refractivity contribution is 7.21. The second-order valence-corrected chi connectivity index (χ2v) is 16.9. The highest BCUT2D eigenvalue weighted by atomic mass is 28.3. The lowest BCUT2D eigenvalue weighted by atomic mass is 10.0. The van der Waals surface area contributed by atoms with Crippen LogP contribution < -0.4 is 30.4 Å². The summed E-state index contributed by atoms with van der Waals surface area (Å²) < 4.78 is 6.65. The van der Waals surface area contributed by atoms with E-state index in [1.54, 1.807) is 0 Å². The van der Waals surface area contributed by atoms with Crippen LogP contribution in [0.1, 0.15) is 5.56 Å². The maximum absolute atomic E-state index is 6.65. The van der Waals surface area contributed by atoms with Crippen molar-refractivity contribution >= 4 is 45.9 Å². The third-order valence-electron chi connectivity index (χ3n) is 10.1. The Balaban J connectivity index is 1.13. The molecule has 0 fully saturated rings. The Kier molecular flexibility index (Phi) is 8.07. The van der Waals surface area contributed by atoms with E-state index in [1.807, 2.05) is 30.3 Å². The minimum absolute atomic E-state index is 0.767. The Labute approximate surface area is 306 Å². The Morgan fingerprint density at radius 2 is 1.00 bits per heavy atom. The number of nitrogens with zero attached hydrogens (tertiary/aromatic N) is 2. The zero-order valence-electron chi connectivity index (χ0n) is 28.9. The van der Waals surface area contributed by atoms with E-state index in [2.05, 4.69) is 182 Å². The number of fused-ring (bicyclic) bond motifs is 2. The molecule has 3 nitrogen and oxygen atoms in total. The molecule has 0 atom stereocenters. The van der Waals surface area contributed by atoms with Crippen LogP contribution >= 0.6 is 0 Å². The van der Waals surface area contributed by atoms with E-state index in [-0.39, 0.29) is 0 Å². The molecule has 52 heavy (non-hydrogen) atoms. The molecule has 0 spiro atoms. The number of anilines is 3. The summed E-state index contributed by atoms with van der Waals surface area (Å²) in [5.74, 6) is 1.54. The number of aryl methyl sites for hydroxylation is 1. The molecule has 8 aromatic rings. The van der Waals surface area contributed by atoms with Gasteiger partial charge in [-0.25, -0.2) is 4.98 Å². The molecule has 1 aromatic heterocycles. The lowest BCUT2D eigenvalue weighted by Crippen LogP contribution is -2.77. The number of ether oxygens (including phenoxy) is 1. The molecule has 7 aromatic carbocycles. The Hall–Kier alpha value is -6.49. The molecular weight excluding hydrogens is 649 g/mol. The summed E-state index contributed by atoms with van der Waals surface area (Å²) in [4.78, 5) is 7.45. The number of benzene rings is 7. The van der Waals surface area contributed by atoms with Crippen LogP contribution in [-0.4, -0.2) is 13.1 Å². The summed E-state index contributed by atoms with van der Waals surface area (Å²) >= 11 is 0. The SMILES string of the molecule is Cc1ccc(Oc2cccc(N3c4ccccc4[Si](c4ccccc4)(c4ccccc4)c4ccccc43)c2)cc1-c1cccc(-c2ccccc2)n1. The standard InChI is InChI=1S/C48H36N2OSi/c1-35-31-32-39(34-42(35)44-26-16-25-43(49-44)36-17-5-2-6-18-36)51-38-20-15-19-37(33-38)50-45-27-11-13-29-47(45)52(40-21-7-3-8-22-40,41-23-9-4-10-24-41)48-30-14-12-28-46(48)50/h2-34H,1H3. The van der Waals surface area contributed by atoms with Gasteiger partial charge < -0.3 is 9.64 Å². The second-order valence-electron chi connectivity index (χ2n) is 13.2. The van der Waals surface area contributed by atoms with E-state index in [4.69, 9.17) is 9.72 Å². The van der Waals surface area contributed by atoms with Gasteiger partial charge in [-0.2, -0.15) is 0 Å². The fraction of sp³-hybridized carbons (Fsp3) is 0.0208. The fourth-order valence-corrected chi connectivity index (χ4v) is 12.9. The van der Waals surface area contributed by atoms with Crippen LogP contribution in [0, 0.1) is 6.92 Å². The van der Waals surface area contributed by atoms with Crippen LogP contribution in [0.25, 0.3) is 22.5 Å². The molecule has 1 aliphatic heterocycles. The molecule has 0 unspecified atom stereocenters. The van der Waals surface area contributed by atoms with Gasteiger partial charge >= 0.3 is 0 Å². The first kappa shape index (κ1) is 31.5. The maximum atomic E-state index is 6.65. The first-order valence-electron chi connectivity index (χ1n) is 17.7. The zero-order chi connectivity index (χ0) is 34.9. The van der Waals surface area contributed by atoms with Crippen molar-refractivity contribution in [1.29, 1.82) is 0 Å². The average molecular weight is 685 g/mol. The van der Waals surface area contributed by atoms with Crippen molar-refractivity contribution < 1.29 is 4.74 Å². The molecule has 248 valence electrons. The summed E-state index contributed by atoms with van der Waals surface area (Å²) in [6, 6.07) is 71.4. The second kappa shape index (κ2) is 13.3. The van der Waals surface area contributed by atoms with E-state index in [1.165, 1.54) is 32.1 Å². The molecule has 0 saturated heterocycles. The first-order chi connectivity index (χ1) is 25.7. The normalized spacial score (nSPS) is 12.8. The molecule has 0 N–H and O–H groups in total. The van der Waals surface area contributed by atoms with E-state index >= 15 is 0 Å². The summed E-state index contributed by atoms with van der Waals surface area (Å²) in [7, 11) is -2.67. The number of hydrogen-bond acceptors (Lipinski definition) is 3. The monoisotopic (exact) mass is 684 g/mol. The molecule has 4 heteroatoms. The third-order valence-corrected chi connectivity index (χ3v) is 15.0. The number of pyridine rings is 1. The molecule has 0 saturated carbocycles. The van der Waals surface area contributed by atoms with Crippen molar-refractivity contribution in [2.24, 2.45) is 0 Å². The Morgan fingerprint density at radius 3 is 1.65 bits per heavy atom. The summed E-state index contributed by atoms with van der Waals surface area (Å²) in [5.41, 5.74) is 8.59. The molecule has 0 radical (unpaired) electrons. The van der Waals surface area contributed by atoms with Crippen LogP contribution in [0.5, 0.6) is 11.5 Å². The predicted molar refractivity (Wildman–Crippen MR) is 218 cm³/mol. The van der Waals surface area contributed by atoms with Crippen molar-refractivity contribution in [3.63, 3.8) is 0 Å². The summed E-state index contributed by atoms with van der Waals surface area (Å²) in [5, 5.41) is 5.48. The van der Waals surface area contributed by atoms with Crippen LogP contribution in [0.15, 0.2) is 200 Å². The topological polar surface area (TPSA) is 25.4 Å². The van der Waals surface area contributed by atoms with Crippen LogP contribution in [-0.2, 0) is 0 Å². The molecule has 0 amide bonds. The van der Waals surface area contributed by atoms with Crippen LogP contribution in [0.4, 0.5) is 17.1 Å². The van der Waals surface area contributed by atoms with Crippen molar-refractivity contribution in [2.75, 3.05) is 4.90 Å². The zero-order valence-corrected chi connectivity index (χ0v) is 29.9. The van der Waals surface area contributed by atoms with Gasteiger partial charge in [-0.3, -0.25) is 0 Å². The van der Waals surface area contributed by atoms with Gasteiger partial charge in [-0.05, 0) is 81.8 Å². The van der Waals surface area contributed by atoms with Gasteiger partial charge in [0.15, 0.2) is 8.07 Å². The van der Waals surface area contributed by atoms with Crippen molar-refractivity contribution in [2.45, 2.75) is 6.92 Å². The van der Waals surface area contributed by atoms with E-state index in [0.29, 0.717) is 0 Å². The lowest BCUT2D eigenvalue weighted by Gasteiger charge is -2.45. The fourth-order valence-electron chi connectivity index (χ4n) is 7.81. The van der Waals surface area contributed by atoms with Crippen molar-refractivity contribution in [3.05, 3.63) is 206 Å². The highest BCUT2D eigenvalue weighted by Gasteiger charge is 2.48. The number of para-hydroxylation sites is 2. The molecular formula is C48H36N2OSi. The number of aromatic nitrogens is 1. The molecule has 0 bridgehead atoms. The third kappa shape index (κ3) is 5.41. The van der Waals surface area contributed by atoms with Gasteiger partial charge in [0.25, 0.3) is 0 Å². The molecule has 1 aliphatic rings. The molecule has 2 heterocycles. The van der Waals surface area contributed by atoms with Gasteiger partial charge in [0, 0.05) is 34.3 Å². The van der Waals surface area contributed by atoms with Gasteiger partial charge in [0.2, 0.25) is 0 Å². The smallest absolute Gasteiger partial charge is 0.184 e. The average Bonchev–Trinajstić information content (AvgIpc) is 3.22. The maximum Gasteiger partial charge on any atom is 0.184 e.